The van der Waals surface area contributed by atoms with Crippen LogP contribution in [-0.2, 0) is 17.7 Å². The molecule has 0 atom stereocenters. The van der Waals surface area contributed by atoms with E-state index in [4.69, 9.17) is 20.6 Å². The van der Waals surface area contributed by atoms with Crippen molar-refractivity contribution in [1.82, 2.24) is 14.8 Å². The number of carbonyl (C=O) groups excluding carboxylic acids is 2. The van der Waals surface area contributed by atoms with Crippen molar-refractivity contribution in [2.75, 3.05) is 40.5 Å². The van der Waals surface area contributed by atoms with E-state index in [1.807, 2.05) is 22.4 Å². The Bertz CT molecular complexity index is 1070. The molecule has 0 aliphatic carbocycles. The van der Waals surface area contributed by atoms with E-state index in [1.165, 1.54) is 16.9 Å². The van der Waals surface area contributed by atoms with Gasteiger partial charge in [0.25, 0.3) is 5.91 Å². The maximum absolute atomic E-state index is 13.2. The first kappa shape index (κ1) is 22.9. The number of likely N-dealkylation sites (tertiary alicyclic amines) is 1. The summed E-state index contributed by atoms with van der Waals surface area (Å²) in [5.74, 6) is 3.84. The lowest BCUT2D eigenvalue weighted by atomic mass is 9.98. The van der Waals surface area contributed by atoms with Crippen LogP contribution in [-0.4, -0.2) is 67.2 Å². The second kappa shape index (κ2) is 10.1. The molecule has 0 N–H and O–H groups in total. The van der Waals surface area contributed by atoms with Crippen LogP contribution in [0.3, 0.4) is 0 Å². The average Bonchev–Trinajstić information content (AvgIpc) is 3.36. The third-order valence-electron chi connectivity index (χ3n) is 6.13. The van der Waals surface area contributed by atoms with E-state index in [1.54, 1.807) is 19.1 Å². The highest BCUT2D eigenvalue weighted by atomic mass is 32.1. The Kier molecular flexibility index (Phi) is 7.04. The minimum absolute atomic E-state index is 0.0159. The number of ether oxygens (including phenoxy) is 3. The van der Waals surface area contributed by atoms with E-state index < -0.39 is 0 Å². The summed E-state index contributed by atoms with van der Waals surface area (Å²) in [5.41, 5.74) is 2.71. The molecule has 3 heterocycles. The Morgan fingerprint density at radius 1 is 1.12 bits per heavy atom. The molecule has 4 rings (SSSR count). The van der Waals surface area contributed by atoms with Gasteiger partial charge in [-0.3, -0.25) is 4.79 Å². The number of methoxy groups -OCH3 is 2. The van der Waals surface area contributed by atoms with Crippen LogP contribution in [0.5, 0.6) is 11.5 Å². The van der Waals surface area contributed by atoms with Gasteiger partial charge in [0.05, 0.1) is 19.2 Å². The van der Waals surface area contributed by atoms with Crippen molar-refractivity contribution in [3.8, 4) is 23.8 Å². The lowest BCUT2D eigenvalue weighted by Crippen LogP contribution is -2.38. The fourth-order valence-corrected chi connectivity index (χ4v) is 5.26. The molecule has 1 aromatic carbocycles. The topological polar surface area (TPSA) is 81.2 Å². The Morgan fingerprint density at radius 2 is 1.82 bits per heavy atom. The number of nitrogens with zero attached hydrogens (tertiary/aromatic N) is 3. The predicted octanol–water partition coefficient (Wildman–Crippen LogP) is 3.31. The zero-order valence-electron chi connectivity index (χ0n) is 18.8. The molecule has 0 unspecified atom stereocenters. The van der Waals surface area contributed by atoms with Gasteiger partial charge in [-0.2, -0.15) is 0 Å². The smallest absolute Gasteiger partial charge is 0.410 e. The molecule has 2 aromatic rings. The van der Waals surface area contributed by atoms with Gasteiger partial charge >= 0.3 is 6.09 Å². The fourth-order valence-electron chi connectivity index (χ4n) is 4.30. The molecule has 2 aliphatic rings. The van der Waals surface area contributed by atoms with Crippen molar-refractivity contribution in [3.63, 3.8) is 0 Å². The van der Waals surface area contributed by atoms with Crippen LogP contribution < -0.4 is 9.47 Å². The van der Waals surface area contributed by atoms with Gasteiger partial charge in [0.15, 0.2) is 18.1 Å². The maximum Gasteiger partial charge on any atom is 0.410 e. The third-order valence-corrected chi connectivity index (χ3v) is 7.13. The molecule has 1 aromatic heterocycles. The number of terminal acetylenes is 1. The first-order valence-corrected chi connectivity index (χ1v) is 11.8. The van der Waals surface area contributed by atoms with Gasteiger partial charge in [-0.05, 0) is 42.5 Å². The molecule has 33 heavy (non-hydrogen) atoms. The van der Waals surface area contributed by atoms with Crippen LogP contribution in [0.2, 0.25) is 0 Å². The van der Waals surface area contributed by atoms with E-state index in [9.17, 15) is 9.59 Å². The molecule has 2 amide bonds. The lowest BCUT2D eigenvalue weighted by molar-refractivity contribution is 0.0729. The quantitative estimate of drug-likeness (QED) is 0.625. The number of amides is 2. The van der Waals surface area contributed by atoms with Crippen molar-refractivity contribution in [3.05, 3.63) is 39.3 Å². The highest BCUT2D eigenvalue weighted by molar-refractivity contribution is 7.09. The molecule has 1 saturated heterocycles. The van der Waals surface area contributed by atoms with Crippen LogP contribution in [0.1, 0.15) is 45.4 Å². The van der Waals surface area contributed by atoms with Crippen molar-refractivity contribution >= 4 is 23.3 Å². The number of rotatable bonds is 5. The molecule has 9 heteroatoms. The van der Waals surface area contributed by atoms with E-state index in [2.05, 4.69) is 10.9 Å². The molecular formula is C24H27N3O5S. The number of piperidine rings is 1. The van der Waals surface area contributed by atoms with Gasteiger partial charge in [-0.25, -0.2) is 9.78 Å². The molecular weight excluding hydrogens is 442 g/mol. The van der Waals surface area contributed by atoms with Gasteiger partial charge < -0.3 is 24.0 Å². The first-order chi connectivity index (χ1) is 16.0. The first-order valence-electron chi connectivity index (χ1n) is 10.9. The largest absolute Gasteiger partial charge is 0.493 e. The Balaban J connectivity index is 1.38. The molecule has 8 nitrogen and oxygen atoms in total. The second-order valence-corrected chi connectivity index (χ2v) is 8.93. The minimum atomic E-state index is -0.374. The summed E-state index contributed by atoms with van der Waals surface area (Å²) < 4.78 is 15.8. The molecule has 0 spiro atoms. The summed E-state index contributed by atoms with van der Waals surface area (Å²) in [6.07, 6.45) is 7.09. The lowest BCUT2D eigenvalue weighted by Gasteiger charge is -2.30. The minimum Gasteiger partial charge on any atom is -0.493 e. The number of thiazole rings is 1. The summed E-state index contributed by atoms with van der Waals surface area (Å²) in [7, 11) is 3.23. The summed E-state index contributed by atoms with van der Waals surface area (Å²) in [4.78, 5) is 33.3. The standard InChI is InChI=1S/C24H27N3O5S/c1-4-11-32-24(29)26-8-5-16(6-9-26)22-25-19(15-33-22)23(28)27-10-7-17-12-20(30-2)21(31-3)13-18(17)14-27/h1,12-13,15-16H,5-11,14H2,2-3H3. The summed E-state index contributed by atoms with van der Waals surface area (Å²) in [6, 6.07) is 3.94. The van der Waals surface area contributed by atoms with Gasteiger partial charge in [0.1, 0.15) is 5.69 Å². The van der Waals surface area contributed by atoms with Crippen LogP contribution in [0.4, 0.5) is 4.79 Å². The molecule has 1 fully saturated rings. The van der Waals surface area contributed by atoms with Crippen LogP contribution in [0.15, 0.2) is 17.5 Å². The Morgan fingerprint density at radius 3 is 2.48 bits per heavy atom. The molecule has 0 saturated carbocycles. The molecule has 0 bridgehead atoms. The van der Waals surface area contributed by atoms with Crippen LogP contribution >= 0.6 is 11.3 Å². The SMILES string of the molecule is C#CCOC(=O)N1CCC(c2nc(C(=O)N3CCc4cc(OC)c(OC)cc4C3)cs2)CC1. The van der Waals surface area contributed by atoms with Crippen LogP contribution in [0, 0.1) is 12.3 Å². The normalized spacial score (nSPS) is 16.0. The number of hydrogen-bond acceptors (Lipinski definition) is 7. The van der Waals surface area contributed by atoms with Crippen LogP contribution in [0.25, 0.3) is 0 Å². The van der Waals surface area contributed by atoms with Gasteiger partial charge in [-0.1, -0.05) is 5.92 Å². The maximum atomic E-state index is 13.2. The predicted molar refractivity (Wildman–Crippen MR) is 124 cm³/mol. The molecule has 174 valence electrons. The Hall–Kier alpha value is -3.25. The van der Waals surface area contributed by atoms with E-state index in [0.717, 1.165) is 29.8 Å². The fraction of sp³-hybridized carbons (Fsp3) is 0.458. The molecule has 2 aliphatic heterocycles. The second-order valence-electron chi connectivity index (χ2n) is 8.04. The summed E-state index contributed by atoms with van der Waals surface area (Å²) >= 11 is 1.51. The third kappa shape index (κ3) is 4.91. The molecule has 0 radical (unpaired) electrons. The summed E-state index contributed by atoms with van der Waals surface area (Å²) in [6.45, 7) is 2.31. The van der Waals surface area contributed by atoms with E-state index >= 15 is 0 Å². The number of aromatic nitrogens is 1. The number of hydrogen-bond donors (Lipinski definition) is 0. The van der Waals surface area contributed by atoms with E-state index in [-0.39, 0.29) is 24.5 Å². The summed E-state index contributed by atoms with van der Waals surface area (Å²) in [5, 5.41) is 2.79. The van der Waals surface area contributed by atoms with Crippen molar-refractivity contribution in [1.29, 1.82) is 0 Å². The monoisotopic (exact) mass is 469 g/mol. The van der Waals surface area contributed by atoms with Gasteiger partial charge in [0.2, 0.25) is 0 Å². The number of carbonyl (C=O) groups is 2. The van der Waals surface area contributed by atoms with Crippen molar-refractivity contribution < 1.29 is 23.8 Å². The van der Waals surface area contributed by atoms with Gasteiger partial charge in [0, 0.05) is 37.5 Å². The highest BCUT2D eigenvalue weighted by Gasteiger charge is 2.29. The van der Waals surface area contributed by atoms with Crippen molar-refractivity contribution in [2.24, 2.45) is 0 Å². The highest BCUT2D eigenvalue weighted by Crippen LogP contribution is 2.34. The van der Waals surface area contributed by atoms with E-state index in [0.29, 0.717) is 43.4 Å². The Labute approximate surface area is 197 Å². The average molecular weight is 470 g/mol. The number of benzene rings is 1. The zero-order valence-corrected chi connectivity index (χ0v) is 19.7. The van der Waals surface area contributed by atoms with Gasteiger partial charge in [-0.15, -0.1) is 17.8 Å². The van der Waals surface area contributed by atoms with Crippen molar-refractivity contribution in [2.45, 2.75) is 31.7 Å². The zero-order chi connectivity index (χ0) is 23.4. The number of fused-ring (bicyclic) bond motifs is 1.